The lowest BCUT2D eigenvalue weighted by Crippen LogP contribution is -1.87. The van der Waals surface area contributed by atoms with Gasteiger partial charge in [0.15, 0.2) is 0 Å². The van der Waals surface area contributed by atoms with Crippen LogP contribution in [0.25, 0.3) is 11.5 Å². The number of rotatable bonds is 6. The molecule has 0 radical (unpaired) electrons. The molecule has 2 aromatic heterocycles. The van der Waals surface area contributed by atoms with Crippen LogP contribution in [0, 0.1) is 0 Å². The highest BCUT2D eigenvalue weighted by molar-refractivity contribution is 9.10. The zero-order valence-corrected chi connectivity index (χ0v) is 15.9. The molecular formula is C18H13BrN4O2S. The summed E-state index contributed by atoms with van der Waals surface area (Å²) in [4.78, 5) is 0. The minimum Gasteiger partial charge on any atom is -0.420 e. The lowest BCUT2D eigenvalue weighted by atomic mass is 10.2. The Bertz CT molecular complexity index is 986. The zero-order valence-electron chi connectivity index (χ0n) is 13.5. The third-order valence-corrected chi connectivity index (χ3v) is 4.86. The summed E-state index contributed by atoms with van der Waals surface area (Å²) in [6, 6.07) is 17.7. The summed E-state index contributed by atoms with van der Waals surface area (Å²) in [6.45, 7) is 0. The summed E-state index contributed by atoms with van der Waals surface area (Å²) in [5.41, 5.74) is 2.00. The van der Waals surface area contributed by atoms with E-state index in [1.54, 1.807) is 0 Å². The molecular weight excluding hydrogens is 416 g/mol. The highest BCUT2D eigenvalue weighted by atomic mass is 79.9. The lowest BCUT2D eigenvalue weighted by molar-refractivity contribution is 0.419. The van der Waals surface area contributed by atoms with Gasteiger partial charge >= 0.3 is 0 Å². The van der Waals surface area contributed by atoms with E-state index in [9.17, 15) is 0 Å². The van der Waals surface area contributed by atoms with Crippen molar-refractivity contribution in [2.45, 2.75) is 17.4 Å². The van der Waals surface area contributed by atoms with Crippen LogP contribution in [0.3, 0.4) is 0 Å². The predicted molar refractivity (Wildman–Crippen MR) is 101 cm³/mol. The van der Waals surface area contributed by atoms with Gasteiger partial charge < -0.3 is 8.83 Å². The van der Waals surface area contributed by atoms with Gasteiger partial charge in [0.05, 0.1) is 12.2 Å². The van der Waals surface area contributed by atoms with Gasteiger partial charge in [-0.05, 0) is 29.8 Å². The van der Waals surface area contributed by atoms with E-state index < -0.39 is 0 Å². The topological polar surface area (TPSA) is 77.8 Å². The fourth-order valence-corrected chi connectivity index (χ4v) is 3.16. The van der Waals surface area contributed by atoms with Crippen LogP contribution in [0.2, 0.25) is 0 Å². The molecule has 6 nitrogen and oxygen atoms in total. The highest BCUT2D eigenvalue weighted by Gasteiger charge is 2.12. The normalized spacial score (nSPS) is 11.0. The van der Waals surface area contributed by atoms with Crippen molar-refractivity contribution in [3.05, 3.63) is 76.4 Å². The number of nitrogens with zero attached hydrogens (tertiary/aromatic N) is 4. The van der Waals surface area contributed by atoms with Crippen LogP contribution in [-0.2, 0) is 12.2 Å². The summed E-state index contributed by atoms with van der Waals surface area (Å²) >= 11 is 4.79. The second-order valence-electron chi connectivity index (χ2n) is 5.42. The van der Waals surface area contributed by atoms with E-state index in [4.69, 9.17) is 8.83 Å². The molecule has 0 bridgehead atoms. The standard InChI is InChI=1S/C18H13BrN4O2S/c19-14-8-6-12(7-9-14)10-15-20-23-18(25-15)26-11-16-21-22-17(24-16)13-4-2-1-3-5-13/h1-9H,10-11H2. The van der Waals surface area contributed by atoms with Crippen LogP contribution >= 0.6 is 27.7 Å². The Morgan fingerprint density at radius 2 is 1.58 bits per heavy atom. The zero-order chi connectivity index (χ0) is 17.8. The maximum absolute atomic E-state index is 5.67. The summed E-state index contributed by atoms with van der Waals surface area (Å²) in [5.74, 6) is 2.06. The highest BCUT2D eigenvalue weighted by Crippen LogP contribution is 2.24. The van der Waals surface area contributed by atoms with Crippen LogP contribution in [-0.4, -0.2) is 20.4 Å². The van der Waals surface area contributed by atoms with E-state index in [1.165, 1.54) is 11.8 Å². The number of hydrogen-bond donors (Lipinski definition) is 0. The Morgan fingerprint density at radius 1 is 0.808 bits per heavy atom. The maximum Gasteiger partial charge on any atom is 0.277 e. The van der Waals surface area contributed by atoms with Gasteiger partial charge in [-0.25, -0.2) is 0 Å². The molecule has 0 aliphatic heterocycles. The molecule has 2 aromatic carbocycles. The Labute approximate surface area is 162 Å². The molecule has 0 unspecified atom stereocenters. The van der Waals surface area contributed by atoms with Crippen molar-refractivity contribution >= 4 is 27.7 Å². The van der Waals surface area contributed by atoms with Crippen LogP contribution in [0.5, 0.6) is 0 Å². The summed E-state index contributed by atoms with van der Waals surface area (Å²) in [5, 5.41) is 16.7. The summed E-state index contributed by atoms with van der Waals surface area (Å²) in [7, 11) is 0. The molecule has 8 heteroatoms. The van der Waals surface area contributed by atoms with Crippen LogP contribution in [0.1, 0.15) is 17.3 Å². The number of benzene rings is 2. The van der Waals surface area contributed by atoms with Gasteiger partial charge in [-0.2, -0.15) is 0 Å². The van der Waals surface area contributed by atoms with Crippen molar-refractivity contribution in [2.24, 2.45) is 0 Å². The molecule has 0 saturated heterocycles. The van der Waals surface area contributed by atoms with Gasteiger partial charge in [-0.1, -0.05) is 58.0 Å². The van der Waals surface area contributed by atoms with Crippen LogP contribution in [0.4, 0.5) is 0 Å². The fraction of sp³-hybridized carbons (Fsp3) is 0.111. The average molecular weight is 429 g/mol. The molecule has 0 aliphatic carbocycles. The third kappa shape index (κ3) is 4.20. The van der Waals surface area contributed by atoms with E-state index in [-0.39, 0.29) is 0 Å². The average Bonchev–Trinajstić information content (AvgIpc) is 3.32. The van der Waals surface area contributed by atoms with E-state index in [2.05, 4.69) is 36.3 Å². The quantitative estimate of drug-likeness (QED) is 0.409. The van der Waals surface area contributed by atoms with Gasteiger partial charge in [-0.15, -0.1) is 20.4 Å². The minimum absolute atomic E-state index is 0.472. The Balaban J connectivity index is 1.36. The third-order valence-electron chi connectivity index (χ3n) is 3.52. The monoisotopic (exact) mass is 428 g/mol. The van der Waals surface area contributed by atoms with Crippen molar-refractivity contribution < 1.29 is 8.83 Å². The summed E-state index contributed by atoms with van der Waals surface area (Å²) < 4.78 is 12.4. The van der Waals surface area contributed by atoms with Crippen molar-refractivity contribution in [2.75, 3.05) is 0 Å². The van der Waals surface area contributed by atoms with Crippen LogP contribution in [0.15, 0.2) is 73.1 Å². The first-order valence-electron chi connectivity index (χ1n) is 7.84. The second-order valence-corrected chi connectivity index (χ2v) is 7.26. The van der Waals surface area contributed by atoms with Gasteiger partial charge in [-0.3, -0.25) is 0 Å². The number of hydrogen-bond acceptors (Lipinski definition) is 7. The molecule has 4 rings (SSSR count). The first-order chi connectivity index (χ1) is 12.8. The Kier molecular flexibility index (Phi) is 5.12. The van der Waals surface area contributed by atoms with Crippen molar-refractivity contribution in [1.82, 2.24) is 20.4 Å². The largest absolute Gasteiger partial charge is 0.420 e. The molecule has 26 heavy (non-hydrogen) atoms. The van der Waals surface area contributed by atoms with Gasteiger partial charge in [0, 0.05) is 10.0 Å². The van der Waals surface area contributed by atoms with E-state index >= 15 is 0 Å². The maximum atomic E-state index is 5.67. The molecule has 4 aromatic rings. The number of aromatic nitrogens is 4. The van der Waals surface area contributed by atoms with Gasteiger partial charge in [0.1, 0.15) is 0 Å². The molecule has 130 valence electrons. The molecule has 0 fully saturated rings. The lowest BCUT2D eigenvalue weighted by Gasteiger charge is -1.96. The predicted octanol–water partition coefficient (Wildman–Crippen LogP) is 4.77. The fourth-order valence-electron chi connectivity index (χ4n) is 2.28. The van der Waals surface area contributed by atoms with E-state index in [0.717, 1.165) is 15.6 Å². The number of halogens is 1. The molecule has 0 spiro atoms. The minimum atomic E-state index is 0.472. The first kappa shape index (κ1) is 17.0. The molecule has 2 heterocycles. The molecule has 0 N–H and O–H groups in total. The van der Waals surface area contributed by atoms with Gasteiger partial charge in [0.2, 0.25) is 17.7 Å². The smallest absolute Gasteiger partial charge is 0.277 e. The molecule has 0 atom stereocenters. The van der Waals surface area contributed by atoms with Crippen molar-refractivity contribution in [3.8, 4) is 11.5 Å². The van der Waals surface area contributed by atoms with E-state index in [0.29, 0.717) is 35.1 Å². The van der Waals surface area contributed by atoms with Crippen molar-refractivity contribution in [1.29, 1.82) is 0 Å². The Morgan fingerprint density at radius 3 is 2.38 bits per heavy atom. The SMILES string of the molecule is Brc1ccc(Cc2nnc(SCc3nnc(-c4ccccc4)o3)o2)cc1. The molecule has 0 saturated carbocycles. The van der Waals surface area contributed by atoms with Gasteiger partial charge in [0.25, 0.3) is 5.22 Å². The molecule has 0 amide bonds. The van der Waals surface area contributed by atoms with E-state index in [1.807, 2.05) is 54.6 Å². The number of thioether (sulfide) groups is 1. The van der Waals surface area contributed by atoms with Crippen LogP contribution < -0.4 is 0 Å². The second kappa shape index (κ2) is 7.84. The molecule has 0 aliphatic rings. The van der Waals surface area contributed by atoms with Crippen molar-refractivity contribution in [3.63, 3.8) is 0 Å². The Hall–Kier alpha value is -2.45. The summed E-state index contributed by atoms with van der Waals surface area (Å²) in [6.07, 6.45) is 0.597. The first-order valence-corrected chi connectivity index (χ1v) is 9.61.